The van der Waals surface area contributed by atoms with Crippen LogP contribution < -0.4 is 10.8 Å². The molecule has 1 atom stereocenters. The molecule has 9 nitrogen and oxygen atoms in total. The third-order valence-corrected chi connectivity index (χ3v) is 5.86. The summed E-state index contributed by atoms with van der Waals surface area (Å²) in [5.41, 5.74) is 6.11. The molecule has 0 aliphatic carbocycles. The number of aliphatic hydroxyl groups is 1. The number of aliphatic hydroxyl groups excluding tert-OH is 1. The van der Waals surface area contributed by atoms with Gasteiger partial charge in [-0.1, -0.05) is 47.7 Å². The summed E-state index contributed by atoms with van der Waals surface area (Å²) in [7, 11) is 0. The summed E-state index contributed by atoms with van der Waals surface area (Å²) in [4.78, 5) is 24.3. The minimum absolute atomic E-state index is 0.0501. The number of aromatic nitrogens is 3. The van der Waals surface area contributed by atoms with Gasteiger partial charge in [0.2, 0.25) is 5.91 Å². The second-order valence-corrected chi connectivity index (χ2v) is 8.54. The summed E-state index contributed by atoms with van der Waals surface area (Å²) in [5, 5.41) is 29.5. The van der Waals surface area contributed by atoms with Gasteiger partial charge in [0, 0.05) is 5.56 Å². The summed E-state index contributed by atoms with van der Waals surface area (Å²) in [5.74, 6) is -1.38. The topological polar surface area (TPSA) is 129 Å². The van der Waals surface area contributed by atoms with E-state index >= 15 is 0 Å². The maximum Gasteiger partial charge on any atom is 0.251 e. The summed E-state index contributed by atoms with van der Waals surface area (Å²) < 4.78 is 14.6. The summed E-state index contributed by atoms with van der Waals surface area (Å²) in [6.07, 6.45) is 2.01. The summed E-state index contributed by atoms with van der Waals surface area (Å²) >= 11 is 0. The monoisotopic (exact) mass is 503 g/mol. The lowest BCUT2D eigenvalue weighted by atomic mass is 9.97. The molecule has 1 aromatic heterocycles. The van der Waals surface area contributed by atoms with Crippen LogP contribution in [0.4, 0.5) is 4.39 Å². The highest BCUT2D eigenvalue weighted by Crippen LogP contribution is 2.25. The van der Waals surface area contributed by atoms with Gasteiger partial charge in [0.25, 0.3) is 5.91 Å². The van der Waals surface area contributed by atoms with Crippen LogP contribution in [0.1, 0.15) is 39.6 Å². The van der Waals surface area contributed by atoms with E-state index < -0.39 is 17.8 Å². The predicted octanol–water partition coefficient (Wildman–Crippen LogP) is 3.19. The van der Waals surface area contributed by atoms with Gasteiger partial charge in [0.1, 0.15) is 11.5 Å². The van der Waals surface area contributed by atoms with Gasteiger partial charge in [-0.05, 0) is 59.0 Å². The molecule has 4 rings (SSSR count). The highest BCUT2D eigenvalue weighted by atomic mass is 19.1. The van der Waals surface area contributed by atoms with Crippen molar-refractivity contribution in [1.82, 2.24) is 25.8 Å². The van der Waals surface area contributed by atoms with Gasteiger partial charge >= 0.3 is 0 Å². The van der Waals surface area contributed by atoms with E-state index in [-0.39, 0.29) is 25.5 Å². The molecule has 4 aromatic rings. The fourth-order valence-corrected chi connectivity index (χ4v) is 3.97. The number of nitrogens with zero attached hydrogens (tertiary/aromatic N) is 3. The smallest absolute Gasteiger partial charge is 0.251 e. The number of amides is 2. The standard InChI is InChI=1S/C27H26FN5O4/c28-23-9-7-20(8-10-23)27(36)29-15-24-16-33(32-30-24)25(14-26(35)31-37)13-18-3-1-5-21(11-18)22-6-2-4-19(12-22)17-34/h1-12,16,25,34,37H,13-15,17H2,(H,29,36)(H,31,35)/t25-/m1/s1. The summed E-state index contributed by atoms with van der Waals surface area (Å²) in [6, 6.07) is 20.2. The molecule has 10 heteroatoms. The van der Waals surface area contributed by atoms with Gasteiger partial charge in [0.15, 0.2) is 0 Å². The Labute approximate surface area is 212 Å². The zero-order valence-electron chi connectivity index (χ0n) is 19.8. The first-order valence-corrected chi connectivity index (χ1v) is 11.6. The molecule has 2 amide bonds. The minimum atomic E-state index is -0.571. The normalized spacial score (nSPS) is 11.6. The van der Waals surface area contributed by atoms with Crippen LogP contribution in [0.3, 0.4) is 0 Å². The number of carbonyl (C=O) groups excluding carboxylic acids is 2. The van der Waals surface area contributed by atoms with Crippen LogP contribution in [0, 0.1) is 5.82 Å². The van der Waals surface area contributed by atoms with Crippen molar-refractivity contribution in [3.8, 4) is 11.1 Å². The Morgan fingerprint density at radius 1 is 0.973 bits per heavy atom. The second-order valence-electron chi connectivity index (χ2n) is 8.54. The fourth-order valence-electron chi connectivity index (χ4n) is 3.97. The highest BCUT2D eigenvalue weighted by Gasteiger charge is 2.19. The Morgan fingerprint density at radius 2 is 1.65 bits per heavy atom. The maximum absolute atomic E-state index is 13.1. The lowest BCUT2D eigenvalue weighted by Crippen LogP contribution is -2.25. The molecule has 0 fully saturated rings. The number of rotatable bonds is 10. The number of hydrogen-bond acceptors (Lipinski definition) is 6. The molecule has 0 bridgehead atoms. The molecule has 3 aromatic carbocycles. The quantitative estimate of drug-likeness (QED) is 0.194. The molecular formula is C27H26FN5O4. The highest BCUT2D eigenvalue weighted by molar-refractivity contribution is 5.94. The molecule has 0 saturated carbocycles. The number of halogens is 1. The molecule has 4 N–H and O–H groups in total. The molecule has 0 saturated heterocycles. The van der Waals surface area contributed by atoms with Crippen molar-refractivity contribution in [3.05, 3.63) is 107 Å². The van der Waals surface area contributed by atoms with Crippen LogP contribution in [0.5, 0.6) is 0 Å². The van der Waals surface area contributed by atoms with Crippen LogP contribution in [0.15, 0.2) is 79.0 Å². The van der Waals surface area contributed by atoms with Crippen molar-refractivity contribution in [1.29, 1.82) is 0 Å². The zero-order chi connectivity index (χ0) is 26.2. The number of hydrogen-bond donors (Lipinski definition) is 4. The molecule has 37 heavy (non-hydrogen) atoms. The van der Waals surface area contributed by atoms with Gasteiger partial charge in [-0.2, -0.15) is 0 Å². The maximum atomic E-state index is 13.1. The van der Waals surface area contributed by atoms with E-state index in [9.17, 15) is 19.1 Å². The molecule has 0 radical (unpaired) electrons. The first-order chi connectivity index (χ1) is 17.9. The third-order valence-electron chi connectivity index (χ3n) is 5.86. The lowest BCUT2D eigenvalue weighted by molar-refractivity contribution is -0.130. The van der Waals surface area contributed by atoms with Crippen LogP contribution >= 0.6 is 0 Å². The van der Waals surface area contributed by atoms with Crippen LogP contribution in [-0.4, -0.2) is 37.1 Å². The molecule has 0 aliphatic rings. The van der Waals surface area contributed by atoms with E-state index in [1.54, 1.807) is 11.7 Å². The van der Waals surface area contributed by atoms with Crippen molar-refractivity contribution in [2.45, 2.75) is 32.0 Å². The average Bonchev–Trinajstić information content (AvgIpc) is 3.41. The first kappa shape index (κ1) is 25.7. The largest absolute Gasteiger partial charge is 0.392 e. The van der Waals surface area contributed by atoms with E-state index in [4.69, 9.17) is 5.21 Å². The number of nitrogens with one attached hydrogen (secondary N) is 2. The SMILES string of the molecule is O=C(C[C@@H](Cc1cccc(-c2cccc(CO)c2)c1)n1cc(CNC(=O)c2ccc(F)cc2)nn1)NO. The van der Waals surface area contributed by atoms with Crippen LogP contribution in [0.2, 0.25) is 0 Å². The summed E-state index contributed by atoms with van der Waals surface area (Å²) in [6.45, 7) is 0.0384. The average molecular weight is 504 g/mol. The van der Waals surface area contributed by atoms with Gasteiger partial charge in [-0.3, -0.25) is 14.8 Å². The van der Waals surface area contributed by atoms with E-state index in [0.29, 0.717) is 17.7 Å². The van der Waals surface area contributed by atoms with E-state index in [0.717, 1.165) is 22.3 Å². The lowest BCUT2D eigenvalue weighted by Gasteiger charge is -2.17. The molecule has 0 unspecified atom stereocenters. The van der Waals surface area contributed by atoms with Crippen molar-refractivity contribution in [3.63, 3.8) is 0 Å². The van der Waals surface area contributed by atoms with E-state index in [1.807, 2.05) is 48.5 Å². The Kier molecular flexibility index (Phi) is 8.34. The van der Waals surface area contributed by atoms with E-state index in [2.05, 4.69) is 15.6 Å². The predicted molar refractivity (Wildman–Crippen MR) is 133 cm³/mol. The van der Waals surface area contributed by atoms with Crippen LogP contribution in [0.25, 0.3) is 11.1 Å². The number of carbonyl (C=O) groups is 2. The molecule has 190 valence electrons. The van der Waals surface area contributed by atoms with Gasteiger partial charge in [-0.25, -0.2) is 14.6 Å². The molecule has 0 aliphatic heterocycles. The molecular weight excluding hydrogens is 477 g/mol. The van der Waals surface area contributed by atoms with Crippen LogP contribution in [-0.2, 0) is 24.4 Å². The van der Waals surface area contributed by atoms with Gasteiger partial charge in [0.05, 0.1) is 31.8 Å². The minimum Gasteiger partial charge on any atom is -0.392 e. The number of benzene rings is 3. The Hall–Kier alpha value is -4.41. The first-order valence-electron chi connectivity index (χ1n) is 11.6. The van der Waals surface area contributed by atoms with Crippen molar-refractivity contribution in [2.24, 2.45) is 0 Å². The Bertz CT molecular complexity index is 1370. The fraction of sp³-hybridized carbons (Fsp3) is 0.185. The molecule has 1 heterocycles. The Morgan fingerprint density at radius 3 is 2.32 bits per heavy atom. The van der Waals surface area contributed by atoms with Crippen molar-refractivity contribution < 1.29 is 24.3 Å². The van der Waals surface area contributed by atoms with Gasteiger partial charge in [-0.15, -0.1) is 5.10 Å². The van der Waals surface area contributed by atoms with E-state index in [1.165, 1.54) is 28.9 Å². The molecule has 0 spiro atoms. The second kappa shape index (κ2) is 12.0. The van der Waals surface area contributed by atoms with Crippen molar-refractivity contribution in [2.75, 3.05) is 0 Å². The Balaban J connectivity index is 1.48. The number of hydroxylamine groups is 1. The third kappa shape index (κ3) is 6.84. The van der Waals surface area contributed by atoms with Crippen molar-refractivity contribution >= 4 is 11.8 Å². The van der Waals surface area contributed by atoms with Gasteiger partial charge < -0.3 is 10.4 Å². The zero-order valence-corrected chi connectivity index (χ0v) is 19.8.